The lowest BCUT2D eigenvalue weighted by Crippen LogP contribution is -2.38. The van der Waals surface area contributed by atoms with Gasteiger partial charge in [0.05, 0.1) is 18.7 Å². The summed E-state index contributed by atoms with van der Waals surface area (Å²) in [5.74, 6) is -1.46. The van der Waals surface area contributed by atoms with Crippen molar-refractivity contribution in [1.82, 2.24) is 4.31 Å². The second kappa shape index (κ2) is 5.92. The van der Waals surface area contributed by atoms with Crippen LogP contribution in [0.2, 0.25) is 0 Å². The molecule has 0 saturated carbocycles. The third-order valence-corrected chi connectivity index (χ3v) is 4.81. The molecule has 6 nitrogen and oxygen atoms in total. The topological polar surface area (TPSA) is 74.8 Å². The Morgan fingerprint density at radius 2 is 2.05 bits per heavy atom. The fourth-order valence-corrected chi connectivity index (χ4v) is 3.41. The molecule has 1 atom stereocenters. The summed E-state index contributed by atoms with van der Waals surface area (Å²) in [5.41, 5.74) is 1.50. The quantitative estimate of drug-likeness (QED) is 0.761. The highest BCUT2D eigenvalue weighted by Gasteiger charge is 2.38. The first-order valence-corrected chi connectivity index (χ1v) is 8.60. The molecular weight excluding hydrogens is 304 g/mol. The molecule has 1 unspecified atom stereocenters. The van der Waals surface area contributed by atoms with Gasteiger partial charge >= 0.3 is 0 Å². The summed E-state index contributed by atoms with van der Waals surface area (Å²) in [6, 6.07) is 7.19. The van der Waals surface area contributed by atoms with E-state index >= 15 is 0 Å². The number of fused-ring (bicyclic) bond motifs is 1. The first-order chi connectivity index (χ1) is 10.3. The molecule has 1 aromatic carbocycles. The van der Waals surface area contributed by atoms with Gasteiger partial charge in [-0.3, -0.25) is 9.59 Å². The van der Waals surface area contributed by atoms with Crippen molar-refractivity contribution in [3.8, 4) is 0 Å². The van der Waals surface area contributed by atoms with E-state index in [2.05, 4.69) is 6.58 Å². The van der Waals surface area contributed by atoms with Gasteiger partial charge in [-0.1, -0.05) is 24.3 Å². The van der Waals surface area contributed by atoms with Gasteiger partial charge in [0.2, 0.25) is 21.8 Å². The van der Waals surface area contributed by atoms with Crippen LogP contribution in [0.15, 0.2) is 36.9 Å². The Hall–Kier alpha value is -2.15. The molecule has 1 aliphatic rings. The standard InChI is InChI=1S/C15H18N2O4S/c1-4-9-17(22(3,20)21)14(18)10-12-11-7-5-6-8-13(11)16(2)15(12)19/h4-8,12H,1,9-10H2,2-3H3. The average Bonchev–Trinajstić information content (AvgIpc) is 2.69. The highest BCUT2D eigenvalue weighted by Crippen LogP contribution is 2.38. The van der Waals surface area contributed by atoms with E-state index in [0.717, 1.165) is 21.8 Å². The highest BCUT2D eigenvalue weighted by atomic mass is 32.2. The molecule has 2 rings (SSSR count). The molecule has 2 amide bonds. The number of carbonyl (C=O) groups is 2. The number of likely N-dealkylation sites (N-methyl/N-ethyl adjacent to an activating group) is 1. The normalized spacial score (nSPS) is 17.3. The predicted octanol–water partition coefficient (Wildman–Crippen LogP) is 1.11. The van der Waals surface area contributed by atoms with Crippen LogP contribution < -0.4 is 4.90 Å². The van der Waals surface area contributed by atoms with Crippen molar-refractivity contribution in [2.24, 2.45) is 0 Å². The minimum absolute atomic E-state index is 0.101. The molecule has 1 aromatic rings. The van der Waals surface area contributed by atoms with Gasteiger partial charge in [-0.15, -0.1) is 6.58 Å². The Kier molecular flexibility index (Phi) is 4.37. The highest BCUT2D eigenvalue weighted by molar-refractivity contribution is 7.88. The lowest BCUT2D eigenvalue weighted by Gasteiger charge is -2.20. The van der Waals surface area contributed by atoms with Gasteiger partial charge < -0.3 is 4.90 Å². The zero-order valence-corrected chi connectivity index (χ0v) is 13.3. The summed E-state index contributed by atoms with van der Waals surface area (Å²) in [7, 11) is -2.05. The van der Waals surface area contributed by atoms with Crippen molar-refractivity contribution in [2.75, 3.05) is 24.7 Å². The lowest BCUT2D eigenvalue weighted by atomic mass is 9.97. The number of rotatable bonds is 5. The molecule has 1 heterocycles. The summed E-state index contributed by atoms with van der Waals surface area (Å²) in [4.78, 5) is 26.1. The third kappa shape index (κ3) is 2.89. The van der Waals surface area contributed by atoms with Crippen LogP contribution in [0, 0.1) is 0 Å². The van der Waals surface area contributed by atoms with E-state index in [0.29, 0.717) is 0 Å². The molecule has 0 fully saturated rings. The molecule has 0 radical (unpaired) electrons. The molecule has 0 N–H and O–H groups in total. The number of hydrogen-bond donors (Lipinski definition) is 0. The van der Waals surface area contributed by atoms with Crippen LogP contribution in [-0.4, -0.2) is 44.4 Å². The van der Waals surface area contributed by atoms with Crippen molar-refractivity contribution in [3.05, 3.63) is 42.5 Å². The van der Waals surface area contributed by atoms with E-state index < -0.39 is 21.8 Å². The number of benzene rings is 1. The van der Waals surface area contributed by atoms with Crippen molar-refractivity contribution < 1.29 is 18.0 Å². The van der Waals surface area contributed by atoms with E-state index in [4.69, 9.17) is 0 Å². The largest absolute Gasteiger partial charge is 0.315 e. The van der Waals surface area contributed by atoms with Crippen molar-refractivity contribution in [1.29, 1.82) is 0 Å². The van der Waals surface area contributed by atoms with E-state index in [-0.39, 0.29) is 18.9 Å². The van der Waals surface area contributed by atoms with Crippen LogP contribution in [0.5, 0.6) is 0 Å². The maximum Gasteiger partial charge on any atom is 0.237 e. The molecule has 1 aliphatic heterocycles. The molecule has 0 bridgehead atoms. The number of nitrogens with zero attached hydrogens (tertiary/aromatic N) is 2. The van der Waals surface area contributed by atoms with Crippen molar-refractivity contribution in [2.45, 2.75) is 12.3 Å². The number of amides is 2. The first kappa shape index (κ1) is 16.2. The molecule has 0 aliphatic carbocycles. The molecule has 0 aromatic heterocycles. The SMILES string of the molecule is C=CCN(C(=O)CC1C(=O)N(C)c2ccccc21)S(C)(=O)=O. The number of para-hydroxylation sites is 1. The van der Waals surface area contributed by atoms with Gasteiger partial charge in [-0.2, -0.15) is 0 Å². The Bertz CT molecular complexity index is 727. The van der Waals surface area contributed by atoms with E-state index in [1.165, 1.54) is 11.0 Å². The Balaban J connectivity index is 2.29. The number of hydrogen-bond acceptors (Lipinski definition) is 4. The van der Waals surface area contributed by atoms with E-state index in [1.54, 1.807) is 25.2 Å². The fourth-order valence-electron chi connectivity index (χ4n) is 2.59. The summed E-state index contributed by atoms with van der Waals surface area (Å²) < 4.78 is 24.1. The molecule has 118 valence electrons. The molecule has 0 saturated heterocycles. The minimum Gasteiger partial charge on any atom is -0.315 e. The van der Waals surface area contributed by atoms with Crippen LogP contribution in [-0.2, 0) is 19.6 Å². The van der Waals surface area contributed by atoms with Gasteiger partial charge in [0.25, 0.3) is 0 Å². The summed E-state index contributed by atoms with van der Waals surface area (Å²) in [6.07, 6.45) is 2.13. The van der Waals surface area contributed by atoms with Crippen LogP contribution in [0.1, 0.15) is 17.9 Å². The zero-order chi connectivity index (χ0) is 16.5. The Morgan fingerprint density at radius 1 is 1.41 bits per heavy atom. The molecular formula is C15H18N2O4S. The summed E-state index contributed by atoms with van der Waals surface area (Å²) in [6.45, 7) is 3.36. The fraction of sp³-hybridized carbons (Fsp3) is 0.333. The van der Waals surface area contributed by atoms with Crippen LogP contribution in [0.3, 0.4) is 0 Å². The van der Waals surface area contributed by atoms with Gasteiger partial charge in [0, 0.05) is 19.2 Å². The third-order valence-electron chi connectivity index (χ3n) is 3.65. The monoisotopic (exact) mass is 322 g/mol. The van der Waals surface area contributed by atoms with Crippen molar-refractivity contribution >= 4 is 27.5 Å². The Labute approximate surface area is 130 Å². The van der Waals surface area contributed by atoms with E-state index in [9.17, 15) is 18.0 Å². The predicted molar refractivity (Wildman–Crippen MR) is 84.0 cm³/mol. The molecule has 0 spiro atoms. The second-order valence-corrected chi connectivity index (χ2v) is 7.10. The second-order valence-electron chi connectivity index (χ2n) is 5.19. The van der Waals surface area contributed by atoms with Gasteiger partial charge in [-0.25, -0.2) is 12.7 Å². The summed E-state index contributed by atoms with van der Waals surface area (Å²) in [5, 5.41) is 0. The number of sulfonamides is 1. The zero-order valence-electron chi connectivity index (χ0n) is 12.5. The maximum absolute atomic E-state index is 12.3. The maximum atomic E-state index is 12.3. The van der Waals surface area contributed by atoms with Crippen LogP contribution in [0.25, 0.3) is 0 Å². The molecule has 22 heavy (non-hydrogen) atoms. The molecule has 7 heteroatoms. The smallest absolute Gasteiger partial charge is 0.237 e. The minimum atomic E-state index is -3.69. The van der Waals surface area contributed by atoms with Gasteiger partial charge in [-0.05, 0) is 11.6 Å². The number of carbonyl (C=O) groups excluding carboxylic acids is 2. The van der Waals surface area contributed by atoms with Gasteiger partial charge in [0.1, 0.15) is 0 Å². The van der Waals surface area contributed by atoms with E-state index in [1.807, 2.05) is 6.07 Å². The van der Waals surface area contributed by atoms with Crippen LogP contribution >= 0.6 is 0 Å². The average molecular weight is 322 g/mol. The summed E-state index contributed by atoms with van der Waals surface area (Å²) >= 11 is 0. The van der Waals surface area contributed by atoms with Gasteiger partial charge in [0.15, 0.2) is 0 Å². The Morgan fingerprint density at radius 3 is 2.64 bits per heavy atom. The number of anilines is 1. The van der Waals surface area contributed by atoms with Crippen molar-refractivity contribution in [3.63, 3.8) is 0 Å². The first-order valence-electron chi connectivity index (χ1n) is 6.75. The lowest BCUT2D eigenvalue weighted by molar-refractivity contribution is -0.129. The van der Waals surface area contributed by atoms with Crippen LogP contribution in [0.4, 0.5) is 5.69 Å².